The van der Waals surface area contributed by atoms with Gasteiger partial charge in [0.15, 0.2) is 5.82 Å². The maximum Gasteiger partial charge on any atom is 0.391 e. The summed E-state index contributed by atoms with van der Waals surface area (Å²) >= 11 is 1.41. The van der Waals surface area contributed by atoms with Gasteiger partial charge in [0.05, 0.1) is 5.92 Å². The summed E-state index contributed by atoms with van der Waals surface area (Å²) in [6, 6.07) is 0. The average Bonchev–Trinajstić information content (AvgIpc) is 2.90. The Kier molecular flexibility index (Phi) is 4.00. The zero-order valence-electron chi connectivity index (χ0n) is 12.2. The van der Waals surface area contributed by atoms with Gasteiger partial charge in [0.1, 0.15) is 11.4 Å². The van der Waals surface area contributed by atoms with Crippen LogP contribution in [0.25, 0.3) is 5.65 Å². The fourth-order valence-electron chi connectivity index (χ4n) is 3.08. The zero-order valence-corrected chi connectivity index (χ0v) is 13.0. The van der Waals surface area contributed by atoms with E-state index in [1.165, 1.54) is 18.1 Å². The Balaban J connectivity index is 1.99. The largest absolute Gasteiger partial charge is 0.391 e. The lowest BCUT2D eigenvalue weighted by atomic mass is 9.74. The van der Waals surface area contributed by atoms with Gasteiger partial charge in [-0.25, -0.2) is 4.98 Å². The highest BCUT2D eigenvalue weighted by molar-refractivity contribution is 7.98. The fourth-order valence-corrected chi connectivity index (χ4v) is 3.54. The molecule has 0 saturated heterocycles. The SMILES string of the molecule is CSc1ncnn2c(C3CC(C(F)(F)F)CCC3C)nnc12. The van der Waals surface area contributed by atoms with Gasteiger partial charge >= 0.3 is 6.18 Å². The van der Waals surface area contributed by atoms with E-state index in [1.54, 1.807) is 4.52 Å². The first-order chi connectivity index (χ1) is 10.4. The third kappa shape index (κ3) is 2.66. The van der Waals surface area contributed by atoms with Gasteiger partial charge in [-0.15, -0.1) is 22.0 Å². The van der Waals surface area contributed by atoms with Gasteiger partial charge in [-0.1, -0.05) is 6.92 Å². The number of aromatic nitrogens is 5. The zero-order chi connectivity index (χ0) is 15.9. The van der Waals surface area contributed by atoms with Crippen molar-refractivity contribution < 1.29 is 13.2 Å². The van der Waals surface area contributed by atoms with Crippen LogP contribution in [0.2, 0.25) is 0 Å². The first-order valence-electron chi connectivity index (χ1n) is 7.08. The highest BCUT2D eigenvalue weighted by atomic mass is 32.2. The molecule has 3 unspecified atom stereocenters. The van der Waals surface area contributed by atoms with Crippen LogP contribution >= 0.6 is 11.8 Å². The van der Waals surface area contributed by atoms with Crippen molar-refractivity contribution in [2.24, 2.45) is 11.8 Å². The Labute approximate surface area is 129 Å². The second-order valence-corrected chi connectivity index (χ2v) is 6.49. The minimum Gasteiger partial charge on any atom is -0.224 e. The van der Waals surface area contributed by atoms with Crippen molar-refractivity contribution in [2.45, 2.75) is 43.3 Å². The summed E-state index contributed by atoms with van der Waals surface area (Å²) in [5, 5.41) is 13.0. The van der Waals surface area contributed by atoms with Crippen LogP contribution in [0.4, 0.5) is 13.2 Å². The highest BCUT2D eigenvalue weighted by Gasteiger charge is 2.45. The van der Waals surface area contributed by atoms with Crippen LogP contribution < -0.4 is 0 Å². The Hall–Kier alpha value is -1.38. The number of rotatable bonds is 2. The van der Waals surface area contributed by atoms with Crippen molar-refractivity contribution in [1.82, 2.24) is 24.8 Å². The molecule has 0 aliphatic heterocycles. The normalized spacial score (nSPS) is 26.5. The topological polar surface area (TPSA) is 56.0 Å². The molecule has 1 saturated carbocycles. The van der Waals surface area contributed by atoms with Crippen LogP contribution in [-0.2, 0) is 0 Å². The minimum absolute atomic E-state index is 0.0457. The predicted molar refractivity (Wildman–Crippen MR) is 75.7 cm³/mol. The van der Waals surface area contributed by atoms with Crippen LogP contribution in [0.5, 0.6) is 0 Å². The van der Waals surface area contributed by atoms with E-state index >= 15 is 0 Å². The molecular weight excluding hydrogens is 315 g/mol. The molecular formula is C13H16F3N5S. The van der Waals surface area contributed by atoms with Crippen LogP contribution in [-0.4, -0.2) is 37.2 Å². The Morgan fingerprint density at radius 3 is 2.73 bits per heavy atom. The van der Waals surface area contributed by atoms with Crippen molar-refractivity contribution in [1.29, 1.82) is 0 Å². The summed E-state index contributed by atoms with van der Waals surface area (Å²) < 4.78 is 40.7. The van der Waals surface area contributed by atoms with Crippen LogP contribution in [0.15, 0.2) is 11.4 Å². The third-order valence-electron chi connectivity index (χ3n) is 4.38. The third-order valence-corrected chi connectivity index (χ3v) is 5.06. The Morgan fingerprint density at radius 1 is 1.27 bits per heavy atom. The van der Waals surface area contributed by atoms with Gasteiger partial charge in [0.2, 0.25) is 5.65 Å². The molecule has 0 bridgehead atoms. The van der Waals surface area contributed by atoms with E-state index in [2.05, 4.69) is 20.3 Å². The van der Waals surface area contributed by atoms with Crippen molar-refractivity contribution >= 4 is 17.4 Å². The molecule has 0 aromatic carbocycles. The molecule has 0 radical (unpaired) electrons. The summed E-state index contributed by atoms with van der Waals surface area (Å²) in [4.78, 5) is 4.11. The smallest absolute Gasteiger partial charge is 0.224 e. The molecule has 1 aliphatic carbocycles. The minimum atomic E-state index is -4.15. The number of hydrogen-bond acceptors (Lipinski definition) is 5. The van der Waals surface area contributed by atoms with E-state index in [9.17, 15) is 13.2 Å². The number of fused-ring (bicyclic) bond motifs is 1. The average molecular weight is 331 g/mol. The van der Waals surface area contributed by atoms with Crippen molar-refractivity contribution in [2.75, 3.05) is 6.26 Å². The van der Waals surface area contributed by atoms with E-state index in [4.69, 9.17) is 0 Å². The molecule has 22 heavy (non-hydrogen) atoms. The Morgan fingerprint density at radius 2 is 2.05 bits per heavy atom. The molecule has 0 N–H and O–H groups in total. The number of alkyl halides is 3. The van der Waals surface area contributed by atoms with E-state index in [1.807, 2.05) is 13.2 Å². The molecule has 3 atom stereocenters. The first-order valence-corrected chi connectivity index (χ1v) is 8.31. The van der Waals surface area contributed by atoms with Crippen molar-refractivity contribution in [3.8, 4) is 0 Å². The molecule has 3 rings (SSSR count). The van der Waals surface area contributed by atoms with Gasteiger partial charge in [0, 0.05) is 5.92 Å². The van der Waals surface area contributed by atoms with Gasteiger partial charge in [-0.3, -0.25) is 0 Å². The van der Waals surface area contributed by atoms with Crippen LogP contribution in [0.3, 0.4) is 0 Å². The van der Waals surface area contributed by atoms with Crippen molar-refractivity contribution in [3.63, 3.8) is 0 Å². The molecule has 9 heteroatoms. The second-order valence-electron chi connectivity index (χ2n) is 5.70. The van der Waals surface area contributed by atoms with Crippen LogP contribution in [0, 0.1) is 11.8 Å². The number of thioether (sulfide) groups is 1. The molecule has 0 spiro atoms. The monoisotopic (exact) mass is 331 g/mol. The fraction of sp³-hybridized carbons (Fsp3) is 0.692. The van der Waals surface area contributed by atoms with Gasteiger partial charge in [0.25, 0.3) is 0 Å². The molecule has 1 aliphatic rings. The summed E-state index contributed by atoms with van der Waals surface area (Å²) in [7, 11) is 0. The van der Waals surface area contributed by atoms with E-state index in [0.29, 0.717) is 22.9 Å². The lowest BCUT2D eigenvalue weighted by molar-refractivity contribution is -0.185. The van der Waals surface area contributed by atoms with Crippen LogP contribution in [0.1, 0.15) is 37.9 Å². The first kappa shape index (κ1) is 15.5. The van der Waals surface area contributed by atoms with E-state index in [0.717, 1.165) is 0 Å². The molecule has 2 aromatic rings. The number of halogens is 3. The summed E-state index contributed by atoms with van der Waals surface area (Å²) in [5.74, 6) is -0.935. The molecule has 5 nitrogen and oxygen atoms in total. The van der Waals surface area contributed by atoms with E-state index in [-0.39, 0.29) is 24.7 Å². The maximum atomic E-state index is 13.0. The van der Waals surface area contributed by atoms with Gasteiger partial charge in [-0.2, -0.15) is 22.8 Å². The molecule has 2 aromatic heterocycles. The number of hydrogen-bond donors (Lipinski definition) is 0. The number of nitrogens with zero attached hydrogens (tertiary/aromatic N) is 5. The maximum absolute atomic E-state index is 13.0. The summed E-state index contributed by atoms with van der Waals surface area (Å²) in [6.07, 6.45) is -0.143. The molecule has 1 fully saturated rings. The second kappa shape index (κ2) is 5.68. The molecule has 0 amide bonds. The van der Waals surface area contributed by atoms with Crippen molar-refractivity contribution in [3.05, 3.63) is 12.2 Å². The highest BCUT2D eigenvalue weighted by Crippen LogP contribution is 2.45. The molecule has 120 valence electrons. The Bertz CT molecular complexity index is 671. The lowest BCUT2D eigenvalue weighted by Crippen LogP contribution is -2.32. The standard InChI is InChI=1S/C13H16F3N5S/c1-7-3-4-8(13(14,15)16)5-9(7)10-19-20-11-12(22-2)17-6-18-21(10)11/h6-9H,3-5H2,1-2H3. The summed E-state index contributed by atoms with van der Waals surface area (Å²) in [6.45, 7) is 1.97. The quantitative estimate of drug-likeness (QED) is 0.790. The van der Waals surface area contributed by atoms with E-state index < -0.39 is 12.1 Å². The molecule has 2 heterocycles. The predicted octanol–water partition coefficient (Wildman–Crippen LogP) is 3.32. The van der Waals surface area contributed by atoms with Gasteiger partial charge in [-0.05, 0) is 31.4 Å². The lowest BCUT2D eigenvalue weighted by Gasteiger charge is -2.34. The summed E-state index contributed by atoms with van der Waals surface area (Å²) in [5.41, 5.74) is 0.506. The van der Waals surface area contributed by atoms with Gasteiger partial charge < -0.3 is 0 Å².